The summed E-state index contributed by atoms with van der Waals surface area (Å²) >= 11 is 0. The Bertz CT molecular complexity index is 1750. The molecule has 362 valence electrons. The summed E-state index contributed by atoms with van der Waals surface area (Å²) in [7, 11) is 5.34. The number of aliphatic hydroxyl groups is 2. The summed E-state index contributed by atoms with van der Waals surface area (Å²) in [4.78, 5) is 30.0. The Labute approximate surface area is 379 Å². The van der Waals surface area contributed by atoms with Gasteiger partial charge < -0.3 is 63.0 Å². The molecule has 5 rings (SSSR count). The number of aliphatic hydroxyl groups excluding tert-OH is 1. The van der Waals surface area contributed by atoms with Crippen LogP contribution in [0.4, 0.5) is 0 Å². The Hall–Kier alpha value is -3.03. The van der Waals surface area contributed by atoms with E-state index in [-0.39, 0.29) is 44.6 Å². The minimum Gasteiger partial charge on any atom is -0.459 e. The molecule has 16 heteroatoms. The lowest BCUT2D eigenvalue weighted by molar-refractivity contribution is -0.319. The molecule has 16 nitrogen and oxygen atoms in total. The smallest absolute Gasteiger partial charge is 0.338 e. The van der Waals surface area contributed by atoms with E-state index in [1.807, 2.05) is 79.6 Å². The summed E-state index contributed by atoms with van der Waals surface area (Å²) in [6.45, 7) is 18.4. The molecule has 1 aromatic carbocycles. The summed E-state index contributed by atoms with van der Waals surface area (Å²) < 4.78 is 58.7. The van der Waals surface area contributed by atoms with E-state index in [2.05, 4.69) is 5.16 Å². The molecule has 64 heavy (non-hydrogen) atoms. The van der Waals surface area contributed by atoms with Gasteiger partial charge in [-0.05, 0) is 87.0 Å². The van der Waals surface area contributed by atoms with E-state index >= 15 is 0 Å². The molecule has 0 unspecified atom stereocenters. The summed E-state index contributed by atoms with van der Waals surface area (Å²) in [6.07, 6.45) is -4.33. The maximum atomic E-state index is 14.7. The van der Waals surface area contributed by atoms with Crippen molar-refractivity contribution in [2.75, 3.05) is 34.4 Å². The molecule has 0 amide bonds. The lowest BCUT2D eigenvalue weighted by Crippen LogP contribution is -2.62. The monoisotopic (exact) mass is 905 g/mol. The SMILES string of the molecule is CC[C@H]1OC(=O)[C@H](C)[C@@H](O[C@H]2C[C@@](C)(OC)[C@@H](OC(=O)c3ccccc3)[C@H](C)O2)[C@H](C)[C@@H](O[C@@H]2O[C@H](C)C[C@H](N(C)C)[C@H]2O)[C@@]2(C)C[C@@H](C)/C(=N\O)[C@H](C)[C@@H](OC/C=C/CO2)[C@]1(C)O. The van der Waals surface area contributed by atoms with Gasteiger partial charge in [-0.1, -0.05) is 63.2 Å². The number of rotatable bonds is 9. The van der Waals surface area contributed by atoms with E-state index in [0.717, 1.165) is 0 Å². The Balaban J connectivity index is 1.64. The molecule has 0 spiro atoms. The molecule has 1 aromatic rings. The molecule has 4 aliphatic rings. The highest BCUT2D eigenvalue weighted by Crippen LogP contribution is 2.43. The first-order valence-electron chi connectivity index (χ1n) is 22.9. The highest BCUT2D eigenvalue weighted by Gasteiger charge is 2.55. The van der Waals surface area contributed by atoms with Crippen LogP contribution >= 0.6 is 0 Å². The van der Waals surface area contributed by atoms with E-state index in [1.165, 1.54) is 7.11 Å². The zero-order chi connectivity index (χ0) is 47.3. The molecule has 0 aliphatic carbocycles. The van der Waals surface area contributed by atoms with Gasteiger partial charge in [-0.3, -0.25) is 4.79 Å². The van der Waals surface area contributed by atoms with Gasteiger partial charge in [-0.15, -0.1) is 0 Å². The highest BCUT2D eigenvalue weighted by atomic mass is 16.7. The lowest BCUT2D eigenvalue weighted by atomic mass is 9.73. The van der Waals surface area contributed by atoms with Crippen LogP contribution in [0, 0.1) is 23.7 Å². The van der Waals surface area contributed by atoms with Gasteiger partial charge in [0, 0.05) is 37.3 Å². The van der Waals surface area contributed by atoms with Crippen LogP contribution in [0.3, 0.4) is 0 Å². The highest BCUT2D eigenvalue weighted by molar-refractivity contribution is 5.89. The van der Waals surface area contributed by atoms with Gasteiger partial charge in [0.15, 0.2) is 18.7 Å². The number of nitrogens with zero attached hydrogens (tertiary/aromatic N) is 2. The van der Waals surface area contributed by atoms with E-state index in [1.54, 1.807) is 51.1 Å². The van der Waals surface area contributed by atoms with Gasteiger partial charge in [0.2, 0.25) is 0 Å². The minimum atomic E-state index is -1.75. The number of fused-ring (bicyclic) bond motifs is 5. The molecule has 0 saturated carbocycles. The Morgan fingerprint density at radius 2 is 1.61 bits per heavy atom. The first kappa shape index (κ1) is 51.9. The number of benzene rings is 1. The van der Waals surface area contributed by atoms with Crippen LogP contribution in [0.25, 0.3) is 0 Å². The number of likely N-dealkylation sites (N-methyl/N-ethyl adjacent to an activating group) is 1. The summed E-state index contributed by atoms with van der Waals surface area (Å²) in [5, 5.41) is 38.9. The standard InChI is InChI=1S/C48H76N2O14/c1-14-35-48(10,54)41-29(4)37(49-55)27(2)25-47(9,58-23-19-18-22-57-41)40(64-45-38(51)34(50(11)12)24-28(3)59-45)30(5)39(31(6)43(52)61-35)62-36-26-46(8,56-13)42(32(7)60-36)63-44(53)33-20-16-15-17-21-33/h15-21,27-32,34-36,38-42,45,51,54-55H,14,22-26H2,1-13H3/b19-18+,49-37+/t27-,28-,29+,30+,31-,32+,34+,35-,36+,38-,39+,40-,41-,42+,45+,46-,47-,48-/m1/s1. The van der Waals surface area contributed by atoms with Crippen molar-refractivity contribution >= 4 is 17.7 Å². The predicted molar refractivity (Wildman–Crippen MR) is 237 cm³/mol. The van der Waals surface area contributed by atoms with E-state index in [9.17, 15) is 25.0 Å². The maximum absolute atomic E-state index is 14.7. The zero-order valence-electron chi connectivity index (χ0n) is 40.2. The fraction of sp³-hybridized carbons (Fsp3) is 0.771. The van der Waals surface area contributed by atoms with Gasteiger partial charge in [0.25, 0.3) is 0 Å². The van der Waals surface area contributed by atoms with E-state index in [0.29, 0.717) is 17.7 Å². The van der Waals surface area contributed by atoms with Crippen LogP contribution in [0.15, 0.2) is 47.6 Å². The lowest BCUT2D eigenvalue weighted by Gasteiger charge is -2.50. The van der Waals surface area contributed by atoms with Gasteiger partial charge in [0.05, 0.1) is 66.5 Å². The van der Waals surface area contributed by atoms with Crippen molar-refractivity contribution in [3.05, 3.63) is 48.0 Å². The largest absolute Gasteiger partial charge is 0.459 e. The summed E-state index contributed by atoms with van der Waals surface area (Å²) in [5.74, 6) is -4.08. The van der Waals surface area contributed by atoms with Gasteiger partial charge in [-0.2, -0.15) is 0 Å². The van der Waals surface area contributed by atoms with Crippen molar-refractivity contribution < 1.29 is 67.6 Å². The van der Waals surface area contributed by atoms with Crippen molar-refractivity contribution in [2.45, 2.75) is 179 Å². The van der Waals surface area contributed by atoms with Gasteiger partial charge in [-0.25, -0.2) is 4.79 Å². The van der Waals surface area contributed by atoms with Crippen LogP contribution in [0.5, 0.6) is 0 Å². The van der Waals surface area contributed by atoms with Crippen molar-refractivity contribution in [1.29, 1.82) is 0 Å². The number of carbonyl (C=O) groups is 2. The fourth-order valence-electron chi connectivity index (χ4n) is 10.5. The number of hydrogen-bond acceptors (Lipinski definition) is 16. The molecular formula is C48H76N2O14. The molecule has 3 saturated heterocycles. The van der Waals surface area contributed by atoms with Gasteiger partial charge in [0.1, 0.15) is 23.4 Å². The second-order valence-corrected chi connectivity index (χ2v) is 19.4. The number of esters is 2. The van der Waals surface area contributed by atoms with Crippen LogP contribution < -0.4 is 0 Å². The molecule has 3 fully saturated rings. The van der Waals surface area contributed by atoms with E-state index in [4.69, 9.17) is 42.6 Å². The second-order valence-electron chi connectivity index (χ2n) is 19.4. The second kappa shape index (κ2) is 21.7. The first-order chi connectivity index (χ1) is 30.1. The third kappa shape index (κ3) is 11.4. The third-order valence-corrected chi connectivity index (χ3v) is 14.2. The number of hydrogen-bond donors (Lipinski definition) is 3. The summed E-state index contributed by atoms with van der Waals surface area (Å²) in [5.41, 5.74) is -3.37. The molecule has 0 radical (unpaired) electrons. The number of methoxy groups -OCH3 is 1. The molecule has 3 N–H and O–H groups in total. The Kier molecular flexibility index (Phi) is 17.6. The molecule has 2 bridgehead atoms. The average molecular weight is 905 g/mol. The van der Waals surface area contributed by atoms with Crippen LogP contribution in [0.1, 0.15) is 105 Å². The quantitative estimate of drug-likeness (QED) is 0.121. The van der Waals surface area contributed by atoms with Crippen molar-refractivity contribution in [2.24, 2.45) is 28.8 Å². The number of ether oxygens (including phenoxy) is 9. The third-order valence-electron chi connectivity index (χ3n) is 14.2. The van der Waals surface area contributed by atoms with Crippen LogP contribution in [-0.4, -0.2) is 157 Å². The van der Waals surface area contributed by atoms with Crippen molar-refractivity contribution in [3.8, 4) is 0 Å². The number of carbonyl (C=O) groups excluding carboxylic acids is 2. The Morgan fingerprint density at radius 3 is 2.23 bits per heavy atom. The average Bonchev–Trinajstić information content (AvgIpc) is 3.24. The van der Waals surface area contributed by atoms with Crippen LogP contribution in [0.2, 0.25) is 0 Å². The Morgan fingerprint density at radius 1 is 0.938 bits per heavy atom. The maximum Gasteiger partial charge on any atom is 0.338 e. The molecule has 0 aromatic heterocycles. The normalized spacial score (nSPS) is 44.2. The molecule has 4 heterocycles. The van der Waals surface area contributed by atoms with Crippen LogP contribution in [-0.2, 0) is 47.4 Å². The van der Waals surface area contributed by atoms with Crippen molar-refractivity contribution in [3.63, 3.8) is 0 Å². The first-order valence-corrected chi connectivity index (χ1v) is 22.9. The fourth-order valence-corrected chi connectivity index (χ4v) is 10.5. The van der Waals surface area contributed by atoms with Crippen molar-refractivity contribution in [1.82, 2.24) is 4.90 Å². The van der Waals surface area contributed by atoms with E-state index < -0.39 is 108 Å². The number of cyclic esters (lactones) is 1. The molecular weight excluding hydrogens is 829 g/mol. The predicted octanol–water partition coefficient (Wildman–Crippen LogP) is 5.53. The molecule has 4 aliphatic heterocycles. The summed E-state index contributed by atoms with van der Waals surface area (Å²) in [6, 6.07) is 8.38. The molecule has 18 atom stereocenters. The topological polar surface area (TPSA) is 193 Å². The zero-order valence-corrected chi connectivity index (χ0v) is 40.2. The number of oxime groups is 1. The minimum absolute atomic E-state index is 0.0871. The van der Waals surface area contributed by atoms with Gasteiger partial charge >= 0.3 is 11.9 Å².